The number of ketones is 1. The summed E-state index contributed by atoms with van der Waals surface area (Å²) < 4.78 is 17.2. The van der Waals surface area contributed by atoms with Gasteiger partial charge in [-0.05, 0) is 67.4 Å². The number of ether oxygens (including phenoxy) is 2. The lowest BCUT2D eigenvalue weighted by Crippen LogP contribution is -2.06. The second-order valence-corrected chi connectivity index (χ2v) is 11.2. The third-order valence-electron chi connectivity index (χ3n) is 7.34. The smallest absolute Gasteiger partial charge is 0.228 e. The monoisotopic (exact) mass is 547 g/mol. The number of carbonyl (C=O) groups excluding carboxylic acids is 1. The Morgan fingerprint density at radius 2 is 1.68 bits per heavy atom. The van der Waals surface area contributed by atoms with Crippen LogP contribution in [0.1, 0.15) is 50.0 Å². The topological polar surface area (TPSA) is 61.0 Å². The van der Waals surface area contributed by atoms with Crippen LogP contribution in [-0.4, -0.2) is 25.7 Å². The lowest BCUT2D eigenvalue weighted by Gasteiger charge is -2.18. The van der Waals surface area contributed by atoms with Gasteiger partial charge in [-0.3, -0.25) is 9.79 Å². The maximum atomic E-state index is 13.3. The predicted octanol–water partition coefficient (Wildman–Crippen LogP) is 8.66. The maximum Gasteiger partial charge on any atom is 0.228 e. The fraction of sp³-hybridized carbons (Fsp3) is 0.176. The van der Waals surface area contributed by atoms with Crippen molar-refractivity contribution in [2.45, 2.75) is 30.4 Å². The molecular weight excluding hydrogens is 518 g/mol. The fourth-order valence-electron chi connectivity index (χ4n) is 5.09. The van der Waals surface area contributed by atoms with Crippen LogP contribution in [0.5, 0.6) is 11.5 Å². The first-order chi connectivity index (χ1) is 19.4. The summed E-state index contributed by atoms with van der Waals surface area (Å²) in [5.74, 6) is 1.68. The zero-order valence-corrected chi connectivity index (χ0v) is 23.7. The number of nitrogens with zero attached hydrogens (tertiary/aromatic N) is 1. The number of furan rings is 1. The van der Waals surface area contributed by atoms with Gasteiger partial charge in [0, 0.05) is 38.8 Å². The number of aryl methyl sites for hydroxylation is 2. The molecule has 5 nitrogen and oxygen atoms in total. The van der Waals surface area contributed by atoms with E-state index in [-0.39, 0.29) is 11.0 Å². The Labute approximate surface area is 237 Å². The molecule has 0 radical (unpaired) electrons. The SMILES string of the molecule is COc1ccc([C@@H]2CC(c3ccc4oc(C(=O)c5ccc(C)cc5)c(C)c4c3)=Nc3ccccc3S2)cc1OC. The standard InChI is InChI=1S/C34H29NO4S/c1-20-9-11-22(12-10-20)33(36)34-21(2)25-17-23(13-15-28(25)39-34)27-19-32(40-31-8-6-5-7-26(31)35-27)24-14-16-29(37-3)30(18-24)38-4/h5-18,32H,19H2,1-4H3/t32-/m0/s1. The van der Waals surface area contributed by atoms with Gasteiger partial charge >= 0.3 is 0 Å². The number of carbonyl (C=O) groups is 1. The highest BCUT2D eigenvalue weighted by Crippen LogP contribution is 2.47. The van der Waals surface area contributed by atoms with E-state index in [9.17, 15) is 4.79 Å². The highest BCUT2D eigenvalue weighted by atomic mass is 32.2. The van der Waals surface area contributed by atoms with E-state index in [1.165, 1.54) is 0 Å². The largest absolute Gasteiger partial charge is 0.493 e. The maximum absolute atomic E-state index is 13.3. The van der Waals surface area contributed by atoms with Crippen molar-refractivity contribution in [3.63, 3.8) is 0 Å². The van der Waals surface area contributed by atoms with Crippen molar-refractivity contribution in [2.24, 2.45) is 4.99 Å². The summed E-state index contributed by atoms with van der Waals surface area (Å²) in [5.41, 5.74) is 7.33. The summed E-state index contributed by atoms with van der Waals surface area (Å²) in [4.78, 5) is 19.5. The number of benzene rings is 4. The molecule has 1 aromatic heterocycles. The molecule has 0 spiro atoms. The van der Waals surface area contributed by atoms with Crippen molar-refractivity contribution in [2.75, 3.05) is 14.2 Å². The molecule has 40 heavy (non-hydrogen) atoms. The number of hydrogen-bond acceptors (Lipinski definition) is 6. The molecule has 5 aromatic rings. The summed E-state index contributed by atoms with van der Waals surface area (Å²) in [5, 5.41) is 1.03. The Morgan fingerprint density at radius 1 is 0.900 bits per heavy atom. The van der Waals surface area contributed by atoms with Crippen molar-refractivity contribution in [1.82, 2.24) is 0 Å². The lowest BCUT2D eigenvalue weighted by molar-refractivity contribution is 0.101. The van der Waals surface area contributed by atoms with Crippen molar-refractivity contribution < 1.29 is 18.7 Å². The third kappa shape index (κ3) is 4.80. The van der Waals surface area contributed by atoms with Crippen molar-refractivity contribution in [3.05, 3.63) is 119 Å². The fourth-order valence-corrected chi connectivity index (χ4v) is 6.31. The number of rotatable bonds is 6. The van der Waals surface area contributed by atoms with Crippen molar-refractivity contribution >= 4 is 39.9 Å². The summed E-state index contributed by atoms with van der Waals surface area (Å²) in [7, 11) is 3.30. The van der Waals surface area contributed by atoms with Gasteiger partial charge in [-0.1, -0.05) is 48.0 Å². The van der Waals surface area contributed by atoms with E-state index < -0.39 is 0 Å². The average Bonchev–Trinajstić information content (AvgIpc) is 3.18. The Kier molecular flexibility index (Phi) is 6.95. The van der Waals surface area contributed by atoms with Gasteiger partial charge in [-0.2, -0.15) is 0 Å². The van der Waals surface area contributed by atoms with Gasteiger partial charge in [0.05, 0.1) is 19.9 Å². The van der Waals surface area contributed by atoms with Crippen LogP contribution in [-0.2, 0) is 0 Å². The quantitative estimate of drug-likeness (QED) is 0.199. The molecule has 6 rings (SSSR count). The Bertz CT molecular complexity index is 1770. The molecule has 0 fully saturated rings. The van der Waals surface area contributed by atoms with Crippen molar-refractivity contribution in [1.29, 1.82) is 0 Å². The van der Waals surface area contributed by atoms with E-state index in [2.05, 4.69) is 30.3 Å². The number of aliphatic imine (C=N–C) groups is 1. The molecule has 0 aliphatic carbocycles. The molecule has 1 aliphatic heterocycles. The molecule has 0 saturated heterocycles. The summed E-state index contributed by atoms with van der Waals surface area (Å²) in [6.45, 7) is 3.95. The van der Waals surface area contributed by atoms with E-state index in [1.807, 2.05) is 68.4 Å². The molecule has 0 unspecified atom stereocenters. The Morgan fingerprint density at radius 3 is 2.45 bits per heavy atom. The minimum absolute atomic E-state index is 0.110. The van der Waals surface area contributed by atoms with Crippen LogP contribution >= 0.6 is 11.8 Å². The van der Waals surface area contributed by atoms with Gasteiger partial charge in [-0.15, -0.1) is 11.8 Å². The zero-order chi connectivity index (χ0) is 27.8. The molecule has 2 heterocycles. The first-order valence-corrected chi connectivity index (χ1v) is 14.0. The van der Waals surface area contributed by atoms with Gasteiger partial charge < -0.3 is 13.9 Å². The molecule has 0 saturated carbocycles. The number of fused-ring (bicyclic) bond motifs is 2. The number of para-hydroxylation sites is 1. The van der Waals surface area contributed by atoms with E-state index in [0.717, 1.165) is 43.9 Å². The molecule has 6 heteroatoms. The van der Waals surface area contributed by atoms with Crippen LogP contribution in [0.15, 0.2) is 99.2 Å². The van der Waals surface area contributed by atoms with Crippen LogP contribution in [0.25, 0.3) is 11.0 Å². The summed E-state index contributed by atoms with van der Waals surface area (Å²) >= 11 is 1.80. The Hall–Kier alpha value is -4.29. The second-order valence-electron chi connectivity index (χ2n) is 9.91. The van der Waals surface area contributed by atoms with E-state index in [4.69, 9.17) is 18.9 Å². The van der Waals surface area contributed by atoms with Gasteiger partial charge in [0.25, 0.3) is 0 Å². The zero-order valence-electron chi connectivity index (χ0n) is 22.9. The highest BCUT2D eigenvalue weighted by Gasteiger charge is 2.25. The van der Waals surface area contributed by atoms with Gasteiger partial charge in [0.2, 0.25) is 5.78 Å². The van der Waals surface area contributed by atoms with Crippen LogP contribution in [0, 0.1) is 13.8 Å². The van der Waals surface area contributed by atoms with Crippen LogP contribution in [0.4, 0.5) is 5.69 Å². The molecule has 4 aromatic carbocycles. The molecule has 200 valence electrons. The minimum Gasteiger partial charge on any atom is -0.493 e. The van der Waals surface area contributed by atoms with Gasteiger partial charge in [0.15, 0.2) is 17.3 Å². The second kappa shape index (κ2) is 10.7. The van der Waals surface area contributed by atoms with E-state index >= 15 is 0 Å². The van der Waals surface area contributed by atoms with E-state index in [1.54, 1.807) is 26.0 Å². The molecular formula is C34H29NO4S. The first kappa shape index (κ1) is 26.0. The van der Waals surface area contributed by atoms with Crippen LogP contribution in [0.3, 0.4) is 0 Å². The van der Waals surface area contributed by atoms with Crippen LogP contribution < -0.4 is 9.47 Å². The molecule has 0 amide bonds. The number of methoxy groups -OCH3 is 2. The third-order valence-corrected chi connectivity index (χ3v) is 8.66. The highest BCUT2D eigenvalue weighted by molar-refractivity contribution is 7.99. The lowest BCUT2D eigenvalue weighted by atomic mass is 9.98. The number of hydrogen-bond donors (Lipinski definition) is 0. The normalized spacial score (nSPS) is 14.8. The average molecular weight is 548 g/mol. The molecule has 1 atom stereocenters. The number of thioether (sulfide) groups is 1. The predicted molar refractivity (Wildman–Crippen MR) is 161 cm³/mol. The molecule has 0 N–H and O–H groups in total. The summed E-state index contributed by atoms with van der Waals surface area (Å²) in [6.07, 6.45) is 0.715. The van der Waals surface area contributed by atoms with Crippen molar-refractivity contribution in [3.8, 4) is 11.5 Å². The minimum atomic E-state index is -0.110. The first-order valence-electron chi connectivity index (χ1n) is 13.1. The van der Waals surface area contributed by atoms with Crippen LogP contribution in [0.2, 0.25) is 0 Å². The molecule has 0 bridgehead atoms. The van der Waals surface area contributed by atoms with Gasteiger partial charge in [-0.25, -0.2) is 0 Å². The molecule has 1 aliphatic rings. The Balaban J connectivity index is 1.41. The summed E-state index contributed by atoms with van der Waals surface area (Å²) in [6, 6.07) is 28.0. The van der Waals surface area contributed by atoms with Gasteiger partial charge in [0.1, 0.15) is 5.58 Å². The van der Waals surface area contributed by atoms with E-state index in [0.29, 0.717) is 34.8 Å².